The zero-order chi connectivity index (χ0) is 36.3. The molecule has 0 saturated heterocycles. The number of furan rings is 1. The third-order valence-corrected chi connectivity index (χ3v) is 11.0. The number of fused-ring (bicyclic) bond motifs is 7. The first kappa shape index (κ1) is 31.2. The van der Waals surface area contributed by atoms with Crippen LogP contribution in [-0.2, 0) is 0 Å². The van der Waals surface area contributed by atoms with E-state index in [1.165, 1.54) is 49.3 Å². The molecule has 3 heteroatoms. The molecule has 0 N–H and O–H groups in total. The summed E-state index contributed by atoms with van der Waals surface area (Å²) in [5.74, 6) is 0. The van der Waals surface area contributed by atoms with Crippen LogP contribution in [0.1, 0.15) is 0 Å². The Kier molecular flexibility index (Phi) is 7.17. The Bertz CT molecular complexity index is 3190. The van der Waals surface area contributed by atoms with E-state index in [0.717, 1.165) is 50.3 Å². The highest BCUT2D eigenvalue weighted by molar-refractivity contribution is 6.13. The first-order valence-electron chi connectivity index (χ1n) is 18.8. The Balaban J connectivity index is 1.18. The molecule has 2 aromatic heterocycles. The maximum absolute atomic E-state index is 6.48. The molecule has 0 aliphatic rings. The van der Waals surface area contributed by atoms with Gasteiger partial charge in [0.1, 0.15) is 11.2 Å². The van der Waals surface area contributed by atoms with Gasteiger partial charge in [-0.05, 0) is 88.1 Å². The van der Waals surface area contributed by atoms with Gasteiger partial charge in [0, 0.05) is 50.2 Å². The quantitative estimate of drug-likeness (QED) is 0.172. The van der Waals surface area contributed by atoms with Crippen LogP contribution in [0.4, 0.5) is 17.1 Å². The summed E-state index contributed by atoms with van der Waals surface area (Å²) in [5.41, 5.74) is 13.1. The fourth-order valence-corrected chi connectivity index (χ4v) is 8.45. The van der Waals surface area contributed by atoms with Crippen LogP contribution in [0.15, 0.2) is 211 Å². The van der Waals surface area contributed by atoms with E-state index in [2.05, 4.69) is 204 Å². The standard InChI is InChI=1S/C52H34N2O/c1-3-13-35(14-4-1)36-23-27-40(28-24-36)53(41-29-31-46-45-20-10-12-22-50(45)55-51(46)34-41)48-32-26-37-15-7-8-18-42(37)52(48)38-25-30-44-43-19-9-11-21-47(43)54(49(44)33-38)39-16-5-2-6-17-39/h1-34H. The van der Waals surface area contributed by atoms with E-state index in [9.17, 15) is 0 Å². The first-order valence-corrected chi connectivity index (χ1v) is 18.8. The molecule has 0 atom stereocenters. The van der Waals surface area contributed by atoms with Crippen LogP contribution in [0.2, 0.25) is 0 Å². The molecule has 0 aliphatic heterocycles. The van der Waals surface area contributed by atoms with Crippen LogP contribution in [0, 0.1) is 0 Å². The van der Waals surface area contributed by atoms with Crippen LogP contribution < -0.4 is 4.90 Å². The first-order chi connectivity index (χ1) is 27.3. The lowest BCUT2D eigenvalue weighted by atomic mass is 9.94. The van der Waals surface area contributed by atoms with E-state index in [1.807, 2.05) is 12.1 Å². The molecule has 0 amide bonds. The number of hydrogen-bond donors (Lipinski definition) is 0. The summed E-state index contributed by atoms with van der Waals surface area (Å²) >= 11 is 0. The van der Waals surface area contributed by atoms with Crippen molar-refractivity contribution in [3.8, 4) is 27.9 Å². The number of rotatable bonds is 6. The molecular weight excluding hydrogens is 669 g/mol. The van der Waals surface area contributed by atoms with Crippen molar-refractivity contribution in [2.75, 3.05) is 4.90 Å². The zero-order valence-corrected chi connectivity index (χ0v) is 29.9. The molecule has 2 heterocycles. The topological polar surface area (TPSA) is 21.3 Å². The van der Waals surface area contributed by atoms with E-state index >= 15 is 0 Å². The zero-order valence-electron chi connectivity index (χ0n) is 29.9. The summed E-state index contributed by atoms with van der Waals surface area (Å²) in [4.78, 5) is 2.39. The fraction of sp³-hybridized carbons (Fsp3) is 0. The van der Waals surface area contributed by atoms with E-state index in [4.69, 9.17) is 4.42 Å². The van der Waals surface area contributed by atoms with Gasteiger partial charge < -0.3 is 13.9 Å². The van der Waals surface area contributed by atoms with Gasteiger partial charge in [0.05, 0.1) is 16.7 Å². The van der Waals surface area contributed by atoms with Crippen molar-refractivity contribution < 1.29 is 4.42 Å². The molecule has 9 aromatic carbocycles. The van der Waals surface area contributed by atoms with Gasteiger partial charge in [-0.1, -0.05) is 140 Å². The average molecular weight is 703 g/mol. The van der Waals surface area contributed by atoms with E-state index in [-0.39, 0.29) is 0 Å². The van der Waals surface area contributed by atoms with Gasteiger partial charge in [-0.3, -0.25) is 0 Å². The molecule has 258 valence electrons. The van der Waals surface area contributed by atoms with Gasteiger partial charge in [-0.25, -0.2) is 0 Å². The number of hydrogen-bond acceptors (Lipinski definition) is 2. The van der Waals surface area contributed by atoms with Crippen molar-refractivity contribution in [3.05, 3.63) is 206 Å². The fourth-order valence-electron chi connectivity index (χ4n) is 8.45. The normalized spacial score (nSPS) is 11.6. The molecular formula is C52H34N2O. The molecule has 0 spiro atoms. The van der Waals surface area contributed by atoms with E-state index in [0.29, 0.717) is 0 Å². The SMILES string of the molecule is c1ccc(-c2ccc(N(c3ccc4c(c3)oc3ccccc34)c3ccc4ccccc4c3-c3ccc4c5ccccc5n(-c5ccccc5)c4c3)cc2)cc1. The molecule has 0 unspecified atom stereocenters. The summed E-state index contributed by atoms with van der Waals surface area (Å²) in [5, 5.41) is 7.08. The Morgan fingerprint density at radius 1 is 0.364 bits per heavy atom. The van der Waals surface area contributed by atoms with Crippen LogP contribution in [-0.4, -0.2) is 4.57 Å². The monoisotopic (exact) mass is 702 g/mol. The van der Waals surface area contributed by atoms with Gasteiger partial charge in [-0.15, -0.1) is 0 Å². The van der Waals surface area contributed by atoms with Crippen molar-refractivity contribution in [2.24, 2.45) is 0 Å². The predicted molar refractivity (Wildman–Crippen MR) is 231 cm³/mol. The molecule has 0 aliphatic carbocycles. The summed E-state index contributed by atoms with van der Waals surface area (Å²) in [6.45, 7) is 0. The Morgan fingerprint density at radius 3 is 1.80 bits per heavy atom. The number of para-hydroxylation sites is 3. The van der Waals surface area contributed by atoms with Crippen LogP contribution >= 0.6 is 0 Å². The Labute approximate surface area is 318 Å². The molecule has 0 radical (unpaired) electrons. The highest BCUT2D eigenvalue weighted by Crippen LogP contribution is 2.47. The van der Waals surface area contributed by atoms with E-state index in [1.54, 1.807) is 0 Å². The maximum atomic E-state index is 6.48. The molecule has 0 bridgehead atoms. The molecule has 0 fully saturated rings. The summed E-state index contributed by atoms with van der Waals surface area (Å²) in [6, 6.07) is 74.0. The van der Waals surface area contributed by atoms with Gasteiger partial charge in [0.15, 0.2) is 0 Å². The number of nitrogens with zero attached hydrogens (tertiary/aromatic N) is 2. The lowest BCUT2D eigenvalue weighted by Gasteiger charge is -2.29. The van der Waals surface area contributed by atoms with Crippen LogP contribution in [0.25, 0.3) is 82.5 Å². The highest BCUT2D eigenvalue weighted by Gasteiger charge is 2.22. The van der Waals surface area contributed by atoms with Gasteiger partial charge in [0.25, 0.3) is 0 Å². The van der Waals surface area contributed by atoms with Crippen molar-refractivity contribution in [1.82, 2.24) is 4.57 Å². The van der Waals surface area contributed by atoms with Crippen LogP contribution in [0.5, 0.6) is 0 Å². The molecule has 0 saturated carbocycles. The molecule has 11 aromatic rings. The van der Waals surface area contributed by atoms with E-state index < -0.39 is 0 Å². The summed E-state index contributed by atoms with van der Waals surface area (Å²) in [7, 11) is 0. The molecule has 55 heavy (non-hydrogen) atoms. The highest BCUT2D eigenvalue weighted by atomic mass is 16.3. The summed E-state index contributed by atoms with van der Waals surface area (Å²) in [6.07, 6.45) is 0. The Morgan fingerprint density at radius 2 is 0.964 bits per heavy atom. The second-order valence-corrected chi connectivity index (χ2v) is 14.1. The smallest absolute Gasteiger partial charge is 0.137 e. The molecule has 3 nitrogen and oxygen atoms in total. The second-order valence-electron chi connectivity index (χ2n) is 14.1. The third-order valence-electron chi connectivity index (χ3n) is 11.0. The minimum absolute atomic E-state index is 0.862. The number of aromatic nitrogens is 1. The van der Waals surface area contributed by atoms with Gasteiger partial charge in [-0.2, -0.15) is 0 Å². The number of benzene rings is 9. The maximum Gasteiger partial charge on any atom is 0.137 e. The minimum atomic E-state index is 0.862. The minimum Gasteiger partial charge on any atom is -0.456 e. The average Bonchev–Trinajstić information content (AvgIpc) is 3.79. The van der Waals surface area contributed by atoms with Crippen LogP contribution in [0.3, 0.4) is 0 Å². The van der Waals surface area contributed by atoms with Crippen molar-refractivity contribution in [1.29, 1.82) is 0 Å². The Hall–Kier alpha value is -7.36. The molecule has 11 rings (SSSR count). The largest absolute Gasteiger partial charge is 0.456 e. The predicted octanol–water partition coefficient (Wildman–Crippen LogP) is 14.6. The van der Waals surface area contributed by atoms with Crippen molar-refractivity contribution >= 4 is 71.6 Å². The lowest BCUT2D eigenvalue weighted by Crippen LogP contribution is -2.11. The summed E-state index contributed by atoms with van der Waals surface area (Å²) < 4.78 is 8.88. The third kappa shape index (κ3) is 5.13. The van der Waals surface area contributed by atoms with Gasteiger partial charge >= 0.3 is 0 Å². The van der Waals surface area contributed by atoms with Gasteiger partial charge in [0.2, 0.25) is 0 Å². The lowest BCUT2D eigenvalue weighted by molar-refractivity contribution is 0.669. The second kappa shape index (κ2) is 12.6. The van der Waals surface area contributed by atoms with Crippen molar-refractivity contribution in [2.45, 2.75) is 0 Å². The van der Waals surface area contributed by atoms with Crippen molar-refractivity contribution in [3.63, 3.8) is 0 Å². The number of anilines is 3.